The van der Waals surface area contributed by atoms with Gasteiger partial charge in [-0.3, -0.25) is 33.9 Å². The number of piperidine rings is 1. The van der Waals surface area contributed by atoms with Crippen LogP contribution in [0.4, 0.5) is 0 Å². The number of amides is 3. The SMILES string of the molecule is CCn1c(-c2cccnc2C(C)OC)c2c3cc(ccc31)-c1cccc(c1)CC(NC(=O)C(C(C)C)N(C)C(=O)C1CCN(C/C=C/C=O)C1)C(=O)N1CCCC(C1)C(=O)OCC(C)(C)C2. The molecule has 6 bridgehead atoms. The standard InChI is InChI=1S/C53H68N6O7/c1-9-59-45-20-19-38-29-42(45)43(48(59)41-18-13-22-54-46(41)35(4)65-8)30-53(5,6)33-66-52(64)40-17-14-24-58(32-40)51(63)44(28-36-15-12-16-37(38)27-36)55-49(61)47(34(2)3)56(7)50(62)39-21-25-57(31-39)23-10-11-26-60/h10-13,15-16,18-20,22,26-27,29,34-35,39-40,44,47H,9,14,17,21,23-25,28,30-33H2,1-8H3,(H,55,61)/b11-10+. The van der Waals surface area contributed by atoms with Crippen LogP contribution in [0.2, 0.25) is 0 Å². The summed E-state index contributed by atoms with van der Waals surface area (Å²) in [4.78, 5) is 78.3. The first-order valence-electron chi connectivity index (χ1n) is 23.7. The molecule has 66 heavy (non-hydrogen) atoms. The number of aromatic nitrogens is 2. The third-order valence-electron chi connectivity index (χ3n) is 13.8. The van der Waals surface area contributed by atoms with Gasteiger partial charge in [-0.15, -0.1) is 0 Å². The minimum absolute atomic E-state index is 0.123. The number of aldehydes is 1. The lowest BCUT2D eigenvalue weighted by Gasteiger charge is -2.36. The van der Waals surface area contributed by atoms with Crippen LogP contribution in [0.1, 0.15) is 83.7 Å². The number of benzene rings is 2. The zero-order chi connectivity index (χ0) is 47.3. The Kier molecular flexibility index (Phi) is 15.3. The predicted octanol–water partition coefficient (Wildman–Crippen LogP) is 7.05. The van der Waals surface area contributed by atoms with Gasteiger partial charge in [-0.25, -0.2) is 0 Å². The van der Waals surface area contributed by atoms with Crippen LogP contribution in [0.3, 0.4) is 0 Å². The summed E-state index contributed by atoms with van der Waals surface area (Å²) in [5, 5.41) is 4.23. The second-order valence-corrected chi connectivity index (χ2v) is 19.6. The Balaban J connectivity index is 1.27. The van der Waals surface area contributed by atoms with Crippen molar-refractivity contribution in [3.8, 4) is 22.4 Å². The Bertz CT molecular complexity index is 2460. The van der Waals surface area contributed by atoms with Crippen LogP contribution in [-0.2, 0) is 52.8 Å². The van der Waals surface area contributed by atoms with Crippen molar-refractivity contribution in [2.45, 2.75) is 98.4 Å². The van der Waals surface area contributed by atoms with Gasteiger partial charge in [0.25, 0.3) is 0 Å². The number of rotatable bonds is 12. The highest BCUT2D eigenvalue weighted by molar-refractivity contribution is 5.96. The summed E-state index contributed by atoms with van der Waals surface area (Å²) in [5.41, 5.74) is 7.51. The van der Waals surface area contributed by atoms with Crippen molar-refractivity contribution in [3.05, 3.63) is 89.8 Å². The number of aryl methyl sites for hydroxylation is 1. The van der Waals surface area contributed by atoms with E-state index in [1.165, 1.54) is 6.08 Å². The van der Waals surface area contributed by atoms with Crippen molar-refractivity contribution < 1.29 is 33.4 Å². The van der Waals surface area contributed by atoms with Gasteiger partial charge in [0.15, 0.2) is 0 Å². The maximum Gasteiger partial charge on any atom is 0.310 e. The fraction of sp³-hybridized carbons (Fsp3) is 0.509. The zero-order valence-electron chi connectivity index (χ0n) is 40.0. The summed E-state index contributed by atoms with van der Waals surface area (Å²) in [6.07, 6.45) is 8.23. The van der Waals surface area contributed by atoms with Gasteiger partial charge in [0.1, 0.15) is 18.4 Å². The molecule has 4 aromatic rings. The van der Waals surface area contributed by atoms with E-state index in [-0.39, 0.29) is 55.3 Å². The molecule has 7 rings (SSSR count). The van der Waals surface area contributed by atoms with Gasteiger partial charge in [-0.1, -0.05) is 64.1 Å². The van der Waals surface area contributed by atoms with Crippen molar-refractivity contribution in [2.75, 3.05) is 53.5 Å². The van der Waals surface area contributed by atoms with E-state index in [4.69, 9.17) is 14.5 Å². The topological polar surface area (TPSA) is 143 Å². The molecule has 13 heteroatoms. The van der Waals surface area contributed by atoms with Crippen molar-refractivity contribution in [1.82, 2.24) is 29.6 Å². The molecule has 3 amide bonds. The highest BCUT2D eigenvalue weighted by atomic mass is 16.5. The molecule has 1 N–H and O–H groups in total. The average Bonchev–Trinajstić information content (AvgIpc) is 3.91. The second-order valence-electron chi connectivity index (χ2n) is 19.6. The van der Waals surface area contributed by atoms with Crippen molar-refractivity contribution >= 4 is 40.9 Å². The lowest BCUT2D eigenvalue weighted by molar-refractivity contribution is -0.155. The lowest BCUT2D eigenvalue weighted by Crippen LogP contribution is -2.58. The van der Waals surface area contributed by atoms with Crippen LogP contribution in [0.15, 0.2) is 72.9 Å². The number of nitrogens with one attached hydrogen (secondary N) is 1. The largest absolute Gasteiger partial charge is 0.465 e. The van der Waals surface area contributed by atoms with Gasteiger partial charge in [0, 0.05) is 81.4 Å². The van der Waals surface area contributed by atoms with Crippen molar-refractivity contribution in [2.24, 2.45) is 23.2 Å². The number of hydrogen-bond acceptors (Lipinski definition) is 9. The normalized spacial score (nSPS) is 21.4. The molecule has 0 spiro atoms. The van der Waals surface area contributed by atoms with E-state index in [2.05, 4.69) is 72.0 Å². The van der Waals surface area contributed by atoms with Crippen LogP contribution < -0.4 is 5.32 Å². The second kappa shape index (κ2) is 20.9. The first kappa shape index (κ1) is 48.3. The molecule has 3 aliphatic rings. The summed E-state index contributed by atoms with van der Waals surface area (Å²) in [6.45, 7) is 15.6. The van der Waals surface area contributed by atoms with Crippen molar-refractivity contribution in [1.29, 1.82) is 0 Å². The van der Waals surface area contributed by atoms with Gasteiger partial charge in [0.2, 0.25) is 17.7 Å². The number of likely N-dealkylation sites (N-methyl/N-ethyl adjacent to an activating group) is 1. The minimum Gasteiger partial charge on any atom is -0.465 e. The van der Waals surface area contributed by atoms with Crippen molar-refractivity contribution in [3.63, 3.8) is 0 Å². The average molecular weight is 901 g/mol. The fourth-order valence-corrected chi connectivity index (χ4v) is 10.4. The molecule has 5 unspecified atom stereocenters. The number of hydrogen-bond donors (Lipinski definition) is 1. The third-order valence-corrected chi connectivity index (χ3v) is 13.8. The molecule has 0 radical (unpaired) electrons. The summed E-state index contributed by atoms with van der Waals surface area (Å²) in [7, 11) is 3.37. The first-order valence-corrected chi connectivity index (χ1v) is 23.7. The van der Waals surface area contributed by atoms with Crippen LogP contribution in [0, 0.1) is 23.2 Å². The summed E-state index contributed by atoms with van der Waals surface area (Å²) < 4.78 is 14.4. The van der Waals surface area contributed by atoms with E-state index in [9.17, 15) is 24.0 Å². The fourth-order valence-electron chi connectivity index (χ4n) is 10.4. The molecule has 2 saturated heterocycles. The summed E-state index contributed by atoms with van der Waals surface area (Å²) in [6, 6.07) is 17.0. The van der Waals surface area contributed by atoms with Gasteiger partial charge in [-0.2, -0.15) is 0 Å². The number of likely N-dealkylation sites (tertiary alicyclic amines) is 1. The van der Waals surface area contributed by atoms with E-state index in [0.29, 0.717) is 58.4 Å². The van der Waals surface area contributed by atoms with E-state index in [1.807, 2.05) is 39.0 Å². The molecular formula is C53H68N6O7. The van der Waals surface area contributed by atoms with Gasteiger partial charge < -0.3 is 29.2 Å². The van der Waals surface area contributed by atoms with E-state index < -0.39 is 29.3 Å². The Hall–Kier alpha value is -5.66. The number of esters is 1. The monoisotopic (exact) mass is 901 g/mol. The summed E-state index contributed by atoms with van der Waals surface area (Å²) >= 11 is 0. The lowest BCUT2D eigenvalue weighted by atomic mass is 9.84. The zero-order valence-corrected chi connectivity index (χ0v) is 40.0. The Labute approximate surface area is 389 Å². The molecule has 5 heterocycles. The molecule has 3 aliphatic heterocycles. The molecular weight excluding hydrogens is 833 g/mol. The highest BCUT2D eigenvalue weighted by Crippen LogP contribution is 2.42. The minimum atomic E-state index is -0.963. The molecule has 2 aromatic heterocycles. The number of methoxy groups -OCH3 is 1. The predicted molar refractivity (Wildman–Crippen MR) is 256 cm³/mol. The number of carbonyl (C=O) groups excluding carboxylic acids is 5. The van der Waals surface area contributed by atoms with Crippen LogP contribution >= 0.6 is 0 Å². The Morgan fingerprint density at radius 3 is 2.56 bits per heavy atom. The Morgan fingerprint density at radius 1 is 1.03 bits per heavy atom. The molecule has 2 aromatic carbocycles. The third kappa shape index (κ3) is 10.5. The number of cyclic esters (lactones) is 1. The maximum absolute atomic E-state index is 14.8. The number of allylic oxidation sites excluding steroid dienone is 1. The molecule has 0 saturated carbocycles. The first-order chi connectivity index (χ1) is 31.6. The van der Waals surface area contributed by atoms with Crippen LogP contribution in [0.5, 0.6) is 0 Å². The van der Waals surface area contributed by atoms with E-state index >= 15 is 0 Å². The smallest absolute Gasteiger partial charge is 0.310 e. The van der Waals surface area contributed by atoms with Crippen LogP contribution in [0.25, 0.3) is 33.3 Å². The number of carbonyl (C=O) groups is 5. The summed E-state index contributed by atoms with van der Waals surface area (Å²) in [5.74, 6) is -2.18. The van der Waals surface area contributed by atoms with Gasteiger partial charge in [0.05, 0.1) is 35.9 Å². The van der Waals surface area contributed by atoms with E-state index in [1.54, 1.807) is 36.2 Å². The number of pyridine rings is 1. The Morgan fingerprint density at radius 2 is 1.82 bits per heavy atom. The van der Waals surface area contributed by atoms with Gasteiger partial charge >= 0.3 is 5.97 Å². The molecule has 0 aliphatic carbocycles. The molecule has 352 valence electrons. The highest BCUT2D eigenvalue weighted by Gasteiger charge is 2.40. The molecule has 2 fully saturated rings. The van der Waals surface area contributed by atoms with Gasteiger partial charge in [-0.05, 0) is 105 Å². The quantitative estimate of drug-likeness (QED) is 0.0900. The molecule has 5 atom stereocenters. The number of fused-ring (bicyclic) bond motifs is 6. The van der Waals surface area contributed by atoms with Crippen LogP contribution in [-0.4, -0.2) is 120 Å². The van der Waals surface area contributed by atoms with E-state index in [0.717, 1.165) is 56.4 Å². The maximum atomic E-state index is 14.8. The molecule has 13 nitrogen and oxygen atoms in total. The number of nitrogens with zero attached hydrogens (tertiary/aromatic N) is 5. The number of ether oxygens (including phenoxy) is 2.